The molecule has 0 atom stereocenters. The molecule has 2 N–H and O–H groups in total. The molecule has 21 heavy (non-hydrogen) atoms. The zero-order chi connectivity index (χ0) is 15.4. The zero-order valence-corrected chi connectivity index (χ0v) is 13.8. The van der Waals surface area contributed by atoms with Gasteiger partial charge in [-0.2, -0.15) is 0 Å². The van der Waals surface area contributed by atoms with E-state index in [1.165, 1.54) is 5.56 Å². The third-order valence-electron chi connectivity index (χ3n) is 3.18. The van der Waals surface area contributed by atoms with Crippen LogP contribution in [0.5, 0.6) is 5.75 Å². The third kappa shape index (κ3) is 3.88. The molecule has 1 heterocycles. The monoisotopic (exact) mass is 304 g/mol. The van der Waals surface area contributed by atoms with Gasteiger partial charge in [0.1, 0.15) is 11.9 Å². The molecular formula is C16H22N3OS+. The predicted octanol–water partition coefficient (Wildman–Crippen LogP) is 2.59. The van der Waals surface area contributed by atoms with Gasteiger partial charge in [0.05, 0.1) is 18.7 Å². The summed E-state index contributed by atoms with van der Waals surface area (Å²) < 4.78 is 7.58. The van der Waals surface area contributed by atoms with E-state index in [1.54, 1.807) is 11.8 Å². The second kappa shape index (κ2) is 6.80. The number of hydrogen-bond donors (Lipinski definition) is 1. The highest BCUT2D eigenvalue weighted by atomic mass is 32.2. The molecule has 0 radical (unpaired) electrons. The lowest BCUT2D eigenvalue weighted by atomic mass is 10.1. The van der Waals surface area contributed by atoms with Crippen molar-refractivity contribution in [1.29, 1.82) is 0 Å². The van der Waals surface area contributed by atoms with Gasteiger partial charge in [-0.3, -0.25) is 0 Å². The second-order valence-electron chi connectivity index (χ2n) is 5.20. The van der Waals surface area contributed by atoms with Crippen molar-refractivity contribution in [3.8, 4) is 5.75 Å². The molecule has 0 aliphatic heterocycles. The fourth-order valence-corrected chi connectivity index (χ4v) is 2.64. The SMILES string of the molecule is CSc1ncc(Cc2ccc(OC(C)C)cc2)c(N)[n+]1C. The van der Waals surface area contributed by atoms with E-state index in [4.69, 9.17) is 10.5 Å². The highest BCUT2D eigenvalue weighted by molar-refractivity contribution is 7.98. The topological polar surface area (TPSA) is 52.0 Å². The number of hydrogen-bond acceptors (Lipinski definition) is 4. The van der Waals surface area contributed by atoms with Crippen LogP contribution in [0.2, 0.25) is 0 Å². The summed E-state index contributed by atoms with van der Waals surface area (Å²) in [7, 11) is 1.94. The highest BCUT2D eigenvalue weighted by Gasteiger charge is 2.14. The molecule has 5 heteroatoms. The largest absolute Gasteiger partial charge is 0.491 e. The van der Waals surface area contributed by atoms with Crippen LogP contribution in [0.25, 0.3) is 0 Å². The molecular weight excluding hydrogens is 282 g/mol. The Hall–Kier alpha value is -1.75. The van der Waals surface area contributed by atoms with Crippen molar-refractivity contribution >= 4 is 17.6 Å². The van der Waals surface area contributed by atoms with Crippen LogP contribution in [0.4, 0.5) is 5.82 Å². The van der Waals surface area contributed by atoms with Crippen LogP contribution in [-0.2, 0) is 13.5 Å². The first-order valence-electron chi connectivity index (χ1n) is 6.94. The van der Waals surface area contributed by atoms with Crippen LogP contribution in [0.3, 0.4) is 0 Å². The van der Waals surface area contributed by atoms with Crippen molar-refractivity contribution < 1.29 is 9.30 Å². The Morgan fingerprint density at radius 2 is 1.95 bits per heavy atom. The summed E-state index contributed by atoms with van der Waals surface area (Å²) in [6.07, 6.45) is 4.81. The average molecular weight is 304 g/mol. The van der Waals surface area contributed by atoms with Crippen molar-refractivity contribution in [2.75, 3.05) is 12.0 Å². The van der Waals surface area contributed by atoms with Crippen LogP contribution in [0, 0.1) is 0 Å². The Morgan fingerprint density at radius 1 is 1.29 bits per heavy atom. The van der Waals surface area contributed by atoms with Crippen molar-refractivity contribution in [3.05, 3.63) is 41.6 Å². The van der Waals surface area contributed by atoms with Crippen molar-refractivity contribution in [2.45, 2.75) is 31.5 Å². The summed E-state index contributed by atoms with van der Waals surface area (Å²) in [6, 6.07) is 8.13. The molecule has 0 amide bonds. The number of rotatable bonds is 5. The Bertz CT molecular complexity index is 612. The lowest BCUT2D eigenvalue weighted by molar-refractivity contribution is -0.699. The molecule has 2 aromatic rings. The predicted molar refractivity (Wildman–Crippen MR) is 86.6 cm³/mol. The summed E-state index contributed by atoms with van der Waals surface area (Å²) in [4.78, 5) is 4.43. The van der Waals surface area contributed by atoms with E-state index in [9.17, 15) is 0 Å². The highest BCUT2D eigenvalue weighted by Crippen LogP contribution is 2.18. The van der Waals surface area contributed by atoms with E-state index in [-0.39, 0.29) is 6.10 Å². The molecule has 1 aromatic carbocycles. The first-order valence-corrected chi connectivity index (χ1v) is 8.16. The molecule has 0 spiro atoms. The lowest BCUT2D eigenvalue weighted by Gasteiger charge is -2.10. The number of thioether (sulfide) groups is 1. The van der Waals surface area contributed by atoms with Crippen LogP contribution in [-0.4, -0.2) is 17.3 Å². The van der Waals surface area contributed by atoms with E-state index >= 15 is 0 Å². The lowest BCUT2D eigenvalue weighted by Crippen LogP contribution is -2.37. The first kappa shape index (κ1) is 15.6. The first-order chi connectivity index (χ1) is 10.0. The Morgan fingerprint density at radius 3 is 2.52 bits per heavy atom. The van der Waals surface area contributed by atoms with Crippen LogP contribution in [0.1, 0.15) is 25.0 Å². The molecule has 0 unspecified atom stereocenters. The summed E-state index contributed by atoms with van der Waals surface area (Å²) in [5, 5.41) is 0.914. The van der Waals surface area contributed by atoms with Crippen LogP contribution < -0.4 is 15.0 Å². The molecule has 4 nitrogen and oxygen atoms in total. The Kier molecular flexibility index (Phi) is 5.07. The third-order valence-corrected chi connectivity index (χ3v) is 3.92. The number of nitrogen functional groups attached to an aromatic ring is 1. The summed E-state index contributed by atoms with van der Waals surface area (Å²) in [5.74, 6) is 1.65. The van der Waals surface area contributed by atoms with Gasteiger partial charge in [-0.05, 0) is 37.8 Å². The zero-order valence-electron chi connectivity index (χ0n) is 13.0. The van der Waals surface area contributed by atoms with E-state index in [0.717, 1.165) is 28.7 Å². The molecule has 0 fully saturated rings. The van der Waals surface area contributed by atoms with Crippen molar-refractivity contribution in [3.63, 3.8) is 0 Å². The Labute approximate surface area is 130 Å². The number of benzene rings is 1. The standard InChI is InChI=1S/C16H21N3OS/c1-11(2)20-14-7-5-12(6-8-14)9-13-10-18-16(21-4)19(3)15(13)17/h5-8,10-11,17H,9H2,1-4H3/p+1. The van der Waals surface area contributed by atoms with E-state index in [1.807, 2.05) is 50.0 Å². The maximum absolute atomic E-state index is 6.19. The maximum atomic E-state index is 6.19. The van der Waals surface area contributed by atoms with Gasteiger partial charge >= 0.3 is 0 Å². The van der Waals surface area contributed by atoms with Crippen LogP contribution >= 0.6 is 11.8 Å². The quantitative estimate of drug-likeness (QED) is 0.524. The van der Waals surface area contributed by atoms with E-state index in [2.05, 4.69) is 17.1 Å². The maximum Gasteiger partial charge on any atom is 0.298 e. The fraction of sp³-hybridized carbons (Fsp3) is 0.375. The molecule has 0 aliphatic carbocycles. The summed E-state index contributed by atoms with van der Waals surface area (Å²) in [5.41, 5.74) is 8.41. The number of nitrogens with two attached hydrogens (primary N) is 1. The Balaban J connectivity index is 2.17. The van der Waals surface area contributed by atoms with E-state index < -0.39 is 0 Å². The minimum atomic E-state index is 0.189. The fourth-order valence-electron chi connectivity index (χ4n) is 2.11. The minimum absolute atomic E-state index is 0.189. The normalized spacial score (nSPS) is 10.9. The molecule has 1 aromatic heterocycles. The van der Waals surface area contributed by atoms with Gasteiger partial charge in [-0.15, -0.1) is 4.98 Å². The molecule has 0 aliphatic rings. The summed E-state index contributed by atoms with van der Waals surface area (Å²) >= 11 is 1.59. The van der Waals surface area contributed by atoms with Gasteiger partial charge in [0.15, 0.2) is 0 Å². The smallest absolute Gasteiger partial charge is 0.298 e. The number of anilines is 1. The van der Waals surface area contributed by atoms with Gasteiger partial charge in [-0.25, -0.2) is 4.57 Å². The molecule has 0 saturated heterocycles. The van der Waals surface area contributed by atoms with Crippen LogP contribution in [0.15, 0.2) is 35.6 Å². The average Bonchev–Trinajstić information content (AvgIpc) is 2.45. The van der Waals surface area contributed by atoms with Gasteiger partial charge < -0.3 is 10.5 Å². The van der Waals surface area contributed by atoms with E-state index in [0.29, 0.717) is 0 Å². The molecule has 2 rings (SSSR count). The second-order valence-corrected chi connectivity index (χ2v) is 5.98. The van der Waals surface area contributed by atoms with Crippen molar-refractivity contribution in [2.24, 2.45) is 7.05 Å². The van der Waals surface area contributed by atoms with Gasteiger partial charge in [-0.1, -0.05) is 23.9 Å². The number of ether oxygens (including phenoxy) is 1. The van der Waals surface area contributed by atoms with Gasteiger partial charge in [0, 0.05) is 6.42 Å². The van der Waals surface area contributed by atoms with Crippen molar-refractivity contribution in [1.82, 2.24) is 4.98 Å². The molecule has 0 bridgehead atoms. The van der Waals surface area contributed by atoms with Gasteiger partial charge in [0.2, 0.25) is 5.82 Å². The number of aromatic nitrogens is 2. The van der Waals surface area contributed by atoms with Gasteiger partial charge in [0.25, 0.3) is 5.16 Å². The summed E-state index contributed by atoms with van der Waals surface area (Å²) in [6.45, 7) is 4.04. The molecule has 112 valence electrons. The molecule has 0 saturated carbocycles. The minimum Gasteiger partial charge on any atom is -0.491 e. The number of nitrogens with zero attached hydrogens (tertiary/aromatic N) is 2.